The molecular formula is C14H16N4O. The third-order valence-electron chi connectivity index (χ3n) is 2.76. The Morgan fingerprint density at radius 1 is 1.21 bits per heavy atom. The van der Waals surface area contributed by atoms with Gasteiger partial charge in [-0.3, -0.25) is 4.79 Å². The molecule has 0 spiro atoms. The molecule has 0 aliphatic rings. The molecular weight excluding hydrogens is 240 g/mol. The number of carbonyl (C=O) groups excluding carboxylic acids is 1. The quantitative estimate of drug-likeness (QED) is 0.900. The van der Waals surface area contributed by atoms with Gasteiger partial charge in [0, 0.05) is 38.6 Å². The number of rotatable bonds is 4. The highest BCUT2D eigenvalue weighted by molar-refractivity contribution is 5.93. The Morgan fingerprint density at radius 2 is 1.84 bits per heavy atom. The number of hydrogen-bond acceptors (Lipinski definition) is 4. The van der Waals surface area contributed by atoms with E-state index in [4.69, 9.17) is 0 Å². The summed E-state index contributed by atoms with van der Waals surface area (Å²) in [5.41, 5.74) is 1.76. The van der Waals surface area contributed by atoms with Crippen LogP contribution in [0.15, 0.2) is 42.7 Å². The van der Waals surface area contributed by atoms with Crippen LogP contribution in [0, 0.1) is 0 Å². The highest BCUT2D eigenvalue weighted by Crippen LogP contribution is 2.10. The Morgan fingerprint density at radius 3 is 2.42 bits per heavy atom. The molecule has 2 aromatic rings. The normalized spacial score (nSPS) is 10.0. The number of carbonyl (C=O) groups is 1. The molecule has 0 saturated heterocycles. The van der Waals surface area contributed by atoms with Crippen molar-refractivity contribution in [2.45, 2.75) is 6.54 Å². The molecule has 1 N–H and O–H groups in total. The Balaban J connectivity index is 2.06. The van der Waals surface area contributed by atoms with E-state index in [0.717, 1.165) is 5.56 Å². The fourth-order valence-electron chi connectivity index (χ4n) is 1.74. The molecule has 0 radical (unpaired) electrons. The van der Waals surface area contributed by atoms with Gasteiger partial charge in [0.1, 0.15) is 0 Å². The number of nitrogens with one attached hydrogen (secondary N) is 1. The zero-order valence-corrected chi connectivity index (χ0v) is 11.0. The number of benzene rings is 1. The maximum absolute atomic E-state index is 11.4. The molecule has 1 aromatic carbocycles. The summed E-state index contributed by atoms with van der Waals surface area (Å²) < 4.78 is 0. The summed E-state index contributed by atoms with van der Waals surface area (Å²) in [6, 6.07) is 9.28. The van der Waals surface area contributed by atoms with Crippen molar-refractivity contribution in [3.63, 3.8) is 0 Å². The molecule has 19 heavy (non-hydrogen) atoms. The Kier molecular flexibility index (Phi) is 4.07. The van der Waals surface area contributed by atoms with Gasteiger partial charge in [-0.2, -0.15) is 0 Å². The van der Waals surface area contributed by atoms with Crippen LogP contribution in [-0.2, 0) is 6.54 Å². The van der Waals surface area contributed by atoms with Crippen molar-refractivity contribution in [1.82, 2.24) is 15.3 Å². The lowest BCUT2D eigenvalue weighted by Crippen LogP contribution is -2.19. The van der Waals surface area contributed by atoms with Crippen molar-refractivity contribution in [2.24, 2.45) is 0 Å². The molecule has 2 rings (SSSR count). The van der Waals surface area contributed by atoms with Gasteiger partial charge in [0.25, 0.3) is 5.91 Å². The second kappa shape index (κ2) is 5.95. The molecule has 0 fully saturated rings. The summed E-state index contributed by atoms with van der Waals surface area (Å²) in [5, 5.41) is 2.60. The lowest BCUT2D eigenvalue weighted by molar-refractivity contribution is 0.0963. The molecule has 5 heteroatoms. The average Bonchev–Trinajstić information content (AvgIpc) is 2.48. The molecule has 1 heterocycles. The van der Waals surface area contributed by atoms with Crippen LogP contribution in [0.1, 0.15) is 15.9 Å². The number of hydrogen-bond donors (Lipinski definition) is 1. The Hall–Kier alpha value is -2.43. The molecule has 98 valence electrons. The minimum Gasteiger partial charge on any atom is -0.355 e. The summed E-state index contributed by atoms with van der Waals surface area (Å²) in [7, 11) is 3.55. The van der Waals surface area contributed by atoms with E-state index in [1.165, 1.54) is 0 Å². The van der Waals surface area contributed by atoms with Crippen molar-refractivity contribution < 1.29 is 4.79 Å². The highest BCUT2D eigenvalue weighted by atomic mass is 16.1. The monoisotopic (exact) mass is 256 g/mol. The third kappa shape index (κ3) is 3.28. The summed E-state index contributed by atoms with van der Waals surface area (Å²) in [6.07, 6.45) is 3.43. The highest BCUT2D eigenvalue weighted by Gasteiger charge is 2.06. The van der Waals surface area contributed by atoms with Crippen molar-refractivity contribution in [2.75, 3.05) is 19.0 Å². The Bertz CT molecular complexity index is 539. The largest absolute Gasteiger partial charge is 0.355 e. The molecule has 1 aromatic heterocycles. The van der Waals surface area contributed by atoms with Gasteiger partial charge in [0.05, 0.1) is 0 Å². The molecule has 0 unspecified atom stereocenters. The van der Waals surface area contributed by atoms with Crippen molar-refractivity contribution >= 4 is 11.9 Å². The number of anilines is 1. The van der Waals surface area contributed by atoms with Gasteiger partial charge in [-0.1, -0.05) is 12.1 Å². The average molecular weight is 256 g/mol. The lowest BCUT2D eigenvalue weighted by Gasteiger charge is -2.16. The second-order valence-corrected chi connectivity index (χ2v) is 4.18. The van der Waals surface area contributed by atoms with Gasteiger partial charge in [0.2, 0.25) is 5.95 Å². The molecule has 0 aliphatic carbocycles. The number of aromatic nitrogens is 2. The maximum atomic E-state index is 11.4. The van der Waals surface area contributed by atoms with Crippen LogP contribution in [0.3, 0.4) is 0 Å². The maximum Gasteiger partial charge on any atom is 0.251 e. The van der Waals surface area contributed by atoms with Gasteiger partial charge in [-0.25, -0.2) is 9.97 Å². The van der Waals surface area contributed by atoms with Crippen LogP contribution < -0.4 is 10.2 Å². The van der Waals surface area contributed by atoms with Gasteiger partial charge < -0.3 is 10.2 Å². The first-order chi connectivity index (χ1) is 9.20. The molecule has 0 bridgehead atoms. The first-order valence-electron chi connectivity index (χ1n) is 6.00. The SMILES string of the molecule is CNC(=O)c1ccc(CN(C)c2ncccn2)cc1. The minimum atomic E-state index is -0.0775. The van der Waals surface area contributed by atoms with Gasteiger partial charge in [0.15, 0.2) is 0 Å². The smallest absolute Gasteiger partial charge is 0.251 e. The van der Waals surface area contributed by atoms with Crippen molar-refractivity contribution in [3.05, 3.63) is 53.9 Å². The van der Waals surface area contributed by atoms with Crippen LogP contribution in [0.5, 0.6) is 0 Å². The zero-order chi connectivity index (χ0) is 13.7. The fourth-order valence-corrected chi connectivity index (χ4v) is 1.74. The number of amides is 1. The van der Waals surface area contributed by atoms with E-state index in [9.17, 15) is 4.79 Å². The predicted octanol–water partition coefficient (Wildman–Crippen LogP) is 1.47. The van der Waals surface area contributed by atoms with E-state index in [0.29, 0.717) is 18.1 Å². The van der Waals surface area contributed by atoms with E-state index in [2.05, 4.69) is 15.3 Å². The molecule has 1 amide bonds. The second-order valence-electron chi connectivity index (χ2n) is 4.18. The summed E-state index contributed by atoms with van der Waals surface area (Å²) in [5.74, 6) is 0.601. The lowest BCUT2D eigenvalue weighted by atomic mass is 10.1. The first kappa shape index (κ1) is 13.0. The van der Waals surface area contributed by atoms with Crippen LogP contribution in [-0.4, -0.2) is 30.0 Å². The van der Waals surface area contributed by atoms with E-state index in [-0.39, 0.29) is 5.91 Å². The van der Waals surface area contributed by atoms with Gasteiger partial charge >= 0.3 is 0 Å². The topological polar surface area (TPSA) is 58.1 Å². The minimum absolute atomic E-state index is 0.0775. The van der Waals surface area contributed by atoms with Crippen LogP contribution in [0.2, 0.25) is 0 Å². The first-order valence-corrected chi connectivity index (χ1v) is 6.00. The van der Waals surface area contributed by atoms with E-state index in [1.54, 1.807) is 25.5 Å². The molecule has 5 nitrogen and oxygen atoms in total. The van der Waals surface area contributed by atoms with E-state index < -0.39 is 0 Å². The standard InChI is InChI=1S/C14H16N4O/c1-15-13(19)12-6-4-11(5-7-12)10-18(2)14-16-8-3-9-17-14/h3-9H,10H2,1-2H3,(H,15,19). The third-order valence-corrected chi connectivity index (χ3v) is 2.76. The molecule has 0 atom stereocenters. The van der Waals surface area contributed by atoms with E-state index >= 15 is 0 Å². The van der Waals surface area contributed by atoms with E-state index in [1.807, 2.05) is 36.2 Å². The van der Waals surface area contributed by atoms with Crippen LogP contribution in [0.25, 0.3) is 0 Å². The molecule has 0 aliphatic heterocycles. The predicted molar refractivity (Wildman–Crippen MR) is 74.0 cm³/mol. The van der Waals surface area contributed by atoms with Gasteiger partial charge in [-0.15, -0.1) is 0 Å². The number of nitrogens with zero attached hydrogens (tertiary/aromatic N) is 3. The zero-order valence-electron chi connectivity index (χ0n) is 11.0. The van der Waals surface area contributed by atoms with Crippen LogP contribution in [0.4, 0.5) is 5.95 Å². The van der Waals surface area contributed by atoms with Crippen molar-refractivity contribution in [3.8, 4) is 0 Å². The van der Waals surface area contributed by atoms with Crippen molar-refractivity contribution in [1.29, 1.82) is 0 Å². The fraction of sp³-hybridized carbons (Fsp3) is 0.214. The van der Waals surface area contributed by atoms with Crippen LogP contribution >= 0.6 is 0 Å². The summed E-state index contributed by atoms with van der Waals surface area (Å²) in [6.45, 7) is 0.692. The summed E-state index contributed by atoms with van der Waals surface area (Å²) >= 11 is 0. The Labute approximate surface area is 112 Å². The summed E-state index contributed by atoms with van der Waals surface area (Å²) in [4.78, 5) is 21.7. The molecule has 0 saturated carbocycles. The van der Waals surface area contributed by atoms with Gasteiger partial charge in [-0.05, 0) is 23.8 Å².